The van der Waals surface area contributed by atoms with Crippen LogP contribution in [0.2, 0.25) is 0 Å². The third-order valence-electron chi connectivity index (χ3n) is 0.875. The molecule has 0 atom stereocenters. The molecule has 0 aliphatic carbocycles. The highest BCUT2D eigenvalue weighted by Gasteiger charge is 2.28. The Morgan fingerprint density at radius 2 is 2.20 bits per heavy atom. The van der Waals surface area contributed by atoms with Gasteiger partial charge in [-0.25, -0.2) is 4.99 Å². The summed E-state index contributed by atoms with van der Waals surface area (Å²) in [6.07, 6.45) is 1.35. The van der Waals surface area contributed by atoms with Crippen molar-refractivity contribution < 1.29 is 0 Å². The number of nitrogens with zero attached hydrogens (tertiary/aromatic N) is 2. The van der Waals surface area contributed by atoms with Crippen LogP contribution in [0.1, 0.15) is 0 Å². The quantitative estimate of drug-likeness (QED) is 0.589. The number of halogens is 3. The number of alkyl halides is 3. The molecule has 0 aromatic carbocycles. The molecule has 0 amide bonds. The van der Waals surface area contributed by atoms with Crippen molar-refractivity contribution in [2.45, 2.75) is 3.79 Å². The summed E-state index contributed by atoms with van der Waals surface area (Å²) in [6.45, 7) is 0.409. The maximum atomic E-state index is 5.49. The van der Waals surface area contributed by atoms with Gasteiger partial charge in [-0.2, -0.15) is 0 Å². The minimum atomic E-state index is -1.47. The van der Waals surface area contributed by atoms with Crippen LogP contribution in [-0.2, 0) is 0 Å². The van der Waals surface area contributed by atoms with E-state index >= 15 is 0 Å². The Balaban J connectivity index is 2.72. The van der Waals surface area contributed by atoms with Crippen LogP contribution in [-0.4, -0.2) is 22.6 Å². The van der Waals surface area contributed by atoms with E-state index in [1.54, 1.807) is 0 Å². The Bertz CT molecular complexity index is 181. The van der Waals surface area contributed by atoms with Crippen molar-refractivity contribution in [1.82, 2.24) is 5.32 Å². The summed E-state index contributed by atoms with van der Waals surface area (Å²) in [6, 6.07) is 0. The zero-order valence-corrected chi connectivity index (χ0v) is 7.08. The lowest BCUT2D eigenvalue weighted by Crippen LogP contribution is -2.36. The number of hydrogen-bond acceptors (Lipinski definition) is 3. The number of aliphatic imine (C=N–C) groups is 2. The molecule has 6 heteroatoms. The van der Waals surface area contributed by atoms with Crippen LogP contribution in [0.4, 0.5) is 0 Å². The molecule has 0 radical (unpaired) electrons. The number of nitrogens with one attached hydrogen (secondary N) is 1. The Hall–Kier alpha value is 0.01000. The third-order valence-corrected chi connectivity index (χ3v) is 1.41. The highest BCUT2D eigenvalue weighted by molar-refractivity contribution is 6.76. The van der Waals surface area contributed by atoms with E-state index in [0.29, 0.717) is 12.5 Å². The summed E-state index contributed by atoms with van der Waals surface area (Å²) >= 11 is 16.5. The first-order valence-electron chi connectivity index (χ1n) is 2.48. The van der Waals surface area contributed by atoms with E-state index < -0.39 is 3.79 Å². The lowest BCUT2D eigenvalue weighted by molar-refractivity contribution is 0.901. The Morgan fingerprint density at radius 1 is 1.50 bits per heavy atom. The Morgan fingerprint density at radius 3 is 2.50 bits per heavy atom. The molecule has 0 aromatic rings. The fraction of sp³-hybridized carbons (Fsp3) is 0.500. The molecule has 3 nitrogen and oxygen atoms in total. The number of hydrogen-bond donors (Lipinski definition) is 1. The van der Waals surface area contributed by atoms with Gasteiger partial charge < -0.3 is 5.32 Å². The minimum absolute atomic E-state index is 0.313. The molecule has 0 spiro atoms. The molecule has 1 aliphatic heterocycles. The van der Waals surface area contributed by atoms with E-state index in [1.165, 1.54) is 6.34 Å². The normalized spacial score (nSPS) is 18.1. The van der Waals surface area contributed by atoms with Gasteiger partial charge in [0, 0.05) is 0 Å². The van der Waals surface area contributed by atoms with E-state index in [4.69, 9.17) is 34.8 Å². The van der Waals surface area contributed by atoms with Gasteiger partial charge in [0.25, 0.3) is 0 Å². The van der Waals surface area contributed by atoms with Crippen LogP contribution in [0.3, 0.4) is 0 Å². The van der Waals surface area contributed by atoms with Crippen molar-refractivity contribution in [1.29, 1.82) is 0 Å². The number of amidine groups is 1. The average Bonchev–Trinajstić information content (AvgIpc) is 1.88. The van der Waals surface area contributed by atoms with Crippen LogP contribution >= 0.6 is 34.8 Å². The van der Waals surface area contributed by atoms with E-state index in [0.717, 1.165) is 0 Å². The summed E-state index contributed by atoms with van der Waals surface area (Å²) < 4.78 is -1.47. The first kappa shape index (κ1) is 8.11. The molecule has 0 saturated carbocycles. The smallest absolute Gasteiger partial charge is 0.247 e. The highest BCUT2D eigenvalue weighted by Crippen LogP contribution is 2.26. The SMILES string of the molecule is ClC(Cl)(Cl)C1=NC=NCN1. The second kappa shape index (κ2) is 2.95. The van der Waals surface area contributed by atoms with Gasteiger partial charge in [0.2, 0.25) is 3.79 Å². The summed E-state index contributed by atoms with van der Waals surface area (Å²) in [7, 11) is 0. The molecule has 0 unspecified atom stereocenters. The standard InChI is InChI=1S/C4H4Cl3N3/c5-4(6,7)3-9-1-8-2-10-3/h1H,2H2,(H,8,9,10). The minimum Gasteiger partial charge on any atom is -0.351 e. The highest BCUT2D eigenvalue weighted by atomic mass is 35.6. The van der Waals surface area contributed by atoms with Crippen LogP contribution in [0, 0.1) is 0 Å². The average molecular weight is 200 g/mol. The van der Waals surface area contributed by atoms with Crippen molar-refractivity contribution in [3.8, 4) is 0 Å². The number of rotatable bonds is 0. The Kier molecular flexibility index (Phi) is 2.39. The molecule has 0 aromatic heterocycles. The molecule has 0 saturated heterocycles. The molecule has 1 aliphatic rings. The molecule has 0 bridgehead atoms. The summed E-state index contributed by atoms with van der Waals surface area (Å²) in [5, 5.41) is 2.72. The lowest BCUT2D eigenvalue weighted by Gasteiger charge is -2.16. The van der Waals surface area contributed by atoms with Gasteiger partial charge >= 0.3 is 0 Å². The van der Waals surface area contributed by atoms with Gasteiger partial charge in [0.1, 0.15) is 13.0 Å². The largest absolute Gasteiger partial charge is 0.351 e. The van der Waals surface area contributed by atoms with Crippen molar-refractivity contribution in [2.24, 2.45) is 9.98 Å². The van der Waals surface area contributed by atoms with Crippen molar-refractivity contribution >= 4 is 47.0 Å². The van der Waals surface area contributed by atoms with E-state index in [-0.39, 0.29) is 0 Å². The lowest BCUT2D eigenvalue weighted by atomic mass is 10.6. The van der Waals surface area contributed by atoms with Crippen molar-refractivity contribution in [3.63, 3.8) is 0 Å². The monoisotopic (exact) mass is 199 g/mol. The van der Waals surface area contributed by atoms with Crippen LogP contribution < -0.4 is 5.32 Å². The molecule has 56 valence electrons. The third kappa shape index (κ3) is 2.01. The zero-order chi connectivity index (χ0) is 7.61. The second-order valence-electron chi connectivity index (χ2n) is 1.61. The van der Waals surface area contributed by atoms with Crippen LogP contribution in [0.15, 0.2) is 9.98 Å². The summed E-state index contributed by atoms with van der Waals surface area (Å²) in [5.41, 5.74) is 0. The zero-order valence-electron chi connectivity index (χ0n) is 4.81. The molecular weight excluding hydrogens is 196 g/mol. The fourth-order valence-corrected chi connectivity index (χ4v) is 0.826. The topological polar surface area (TPSA) is 36.8 Å². The van der Waals surface area contributed by atoms with E-state index in [2.05, 4.69) is 15.3 Å². The van der Waals surface area contributed by atoms with Crippen molar-refractivity contribution in [3.05, 3.63) is 0 Å². The molecule has 1 N–H and O–H groups in total. The van der Waals surface area contributed by atoms with Gasteiger partial charge in [-0.1, -0.05) is 34.8 Å². The molecular formula is C4H4Cl3N3. The molecule has 10 heavy (non-hydrogen) atoms. The maximum absolute atomic E-state index is 5.49. The van der Waals surface area contributed by atoms with E-state index in [9.17, 15) is 0 Å². The van der Waals surface area contributed by atoms with Gasteiger partial charge in [0.05, 0.1) is 0 Å². The molecule has 1 rings (SSSR count). The van der Waals surface area contributed by atoms with Crippen molar-refractivity contribution in [2.75, 3.05) is 6.67 Å². The van der Waals surface area contributed by atoms with Crippen LogP contribution in [0.25, 0.3) is 0 Å². The predicted octanol–water partition coefficient (Wildman–Crippen LogP) is 1.34. The molecule has 0 fully saturated rings. The predicted molar refractivity (Wildman–Crippen MR) is 44.2 cm³/mol. The van der Waals surface area contributed by atoms with Crippen LogP contribution in [0.5, 0.6) is 0 Å². The van der Waals surface area contributed by atoms with Gasteiger partial charge in [-0.3, -0.25) is 4.99 Å². The van der Waals surface area contributed by atoms with E-state index in [1.807, 2.05) is 0 Å². The Labute approximate surface area is 73.1 Å². The molecule has 1 heterocycles. The maximum Gasteiger partial charge on any atom is 0.247 e. The van der Waals surface area contributed by atoms with Gasteiger partial charge in [-0.15, -0.1) is 0 Å². The second-order valence-corrected chi connectivity index (χ2v) is 3.89. The fourth-order valence-electron chi connectivity index (χ4n) is 0.479. The van der Waals surface area contributed by atoms with Gasteiger partial charge in [0.15, 0.2) is 5.84 Å². The summed E-state index contributed by atoms with van der Waals surface area (Å²) in [5.74, 6) is 0.313. The first-order valence-corrected chi connectivity index (χ1v) is 3.61. The van der Waals surface area contributed by atoms with Gasteiger partial charge in [-0.05, 0) is 0 Å². The first-order chi connectivity index (χ1) is 4.61. The summed E-state index contributed by atoms with van der Waals surface area (Å²) in [4.78, 5) is 7.46.